The molecule has 0 fully saturated rings. The standard InChI is InChI=1S/C9H14ClN3O4S/c1-3-17-9(14)8-7(6-10)13(12-11-8)4-5-18(2,15)16/h3-6H2,1-2H3. The third kappa shape index (κ3) is 3.95. The Bertz CT molecular complexity index is 526. The normalized spacial score (nSPS) is 11.5. The highest BCUT2D eigenvalue weighted by molar-refractivity contribution is 7.90. The molecule has 0 amide bonds. The summed E-state index contributed by atoms with van der Waals surface area (Å²) >= 11 is 5.71. The van der Waals surface area contributed by atoms with Crippen molar-refractivity contribution in [2.24, 2.45) is 0 Å². The topological polar surface area (TPSA) is 91.2 Å². The van der Waals surface area contributed by atoms with Gasteiger partial charge >= 0.3 is 5.97 Å². The van der Waals surface area contributed by atoms with Gasteiger partial charge in [0.15, 0.2) is 5.69 Å². The zero-order valence-corrected chi connectivity index (χ0v) is 11.7. The summed E-state index contributed by atoms with van der Waals surface area (Å²) in [5.41, 5.74) is 0.388. The molecule has 0 bridgehead atoms. The molecule has 102 valence electrons. The molecule has 1 aromatic heterocycles. The van der Waals surface area contributed by atoms with Gasteiger partial charge in [-0.05, 0) is 6.92 Å². The number of ether oxygens (including phenoxy) is 1. The summed E-state index contributed by atoms with van der Waals surface area (Å²) in [6.45, 7) is 2.00. The third-order valence-electron chi connectivity index (χ3n) is 2.11. The zero-order valence-electron chi connectivity index (χ0n) is 10.1. The van der Waals surface area contributed by atoms with E-state index < -0.39 is 15.8 Å². The fourth-order valence-electron chi connectivity index (χ4n) is 1.25. The molecule has 0 unspecified atom stereocenters. The lowest BCUT2D eigenvalue weighted by atomic mass is 10.3. The number of carbonyl (C=O) groups is 1. The van der Waals surface area contributed by atoms with Gasteiger partial charge in [0, 0.05) is 6.26 Å². The largest absolute Gasteiger partial charge is 0.461 e. The summed E-state index contributed by atoms with van der Waals surface area (Å²) in [7, 11) is -3.12. The second kappa shape index (κ2) is 6.14. The highest BCUT2D eigenvalue weighted by atomic mass is 35.5. The number of halogens is 1. The van der Waals surface area contributed by atoms with Crippen LogP contribution in [0.25, 0.3) is 0 Å². The molecule has 0 spiro atoms. The van der Waals surface area contributed by atoms with E-state index >= 15 is 0 Å². The minimum atomic E-state index is -3.12. The van der Waals surface area contributed by atoms with Crippen LogP contribution in [0, 0.1) is 0 Å². The Morgan fingerprint density at radius 3 is 2.67 bits per heavy atom. The van der Waals surface area contributed by atoms with Gasteiger partial charge in [-0.15, -0.1) is 16.7 Å². The van der Waals surface area contributed by atoms with Crippen molar-refractivity contribution in [2.45, 2.75) is 19.3 Å². The van der Waals surface area contributed by atoms with E-state index in [9.17, 15) is 13.2 Å². The molecule has 18 heavy (non-hydrogen) atoms. The van der Waals surface area contributed by atoms with E-state index in [0.717, 1.165) is 6.26 Å². The minimum absolute atomic E-state index is 0.00487. The Kier molecular flexibility index (Phi) is 5.09. The predicted molar refractivity (Wildman–Crippen MR) is 65.2 cm³/mol. The first-order valence-corrected chi connectivity index (χ1v) is 7.81. The average Bonchev–Trinajstić information content (AvgIpc) is 2.68. The predicted octanol–water partition coefficient (Wildman–Crippen LogP) is 0.238. The fourth-order valence-corrected chi connectivity index (χ4v) is 2.02. The van der Waals surface area contributed by atoms with Gasteiger partial charge < -0.3 is 4.74 Å². The van der Waals surface area contributed by atoms with Gasteiger partial charge in [-0.25, -0.2) is 17.9 Å². The zero-order chi connectivity index (χ0) is 13.8. The monoisotopic (exact) mass is 295 g/mol. The molecule has 0 aliphatic heterocycles. The minimum Gasteiger partial charge on any atom is -0.461 e. The summed E-state index contributed by atoms with van der Waals surface area (Å²) in [4.78, 5) is 11.5. The van der Waals surface area contributed by atoms with E-state index in [4.69, 9.17) is 16.3 Å². The number of rotatable bonds is 6. The van der Waals surface area contributed by atoms with E-state index in [1.165, 1.54) is 4.68 Å². The van der Waals surface area contributed by atoms with E-state index in [0.29, 0.717) is 5.69 Å². The van der Waals surface area contributed by atoms with Crippen molar-refractivity contribution in [2.75, 3.05) is 18.6 Å². The lowest BCUT2D eigenvalue weighted by Gasteiger charge is -2.04. The van der Waals surface area contributed by atoms with Gasteiger partial charge in [0.2, 0.25) is 0 Å². The lowest BCUT2D eigenvalue weighted by Crippen LogP contribution is -2.15. The van der Waals surface area contributed by atoms with Crippen LogP contribution >= 0.6 is 11.6 Å². The number of hydrogen-bond acceptors (Lipinski definition) is 6. The second-order valence-corrected chi connectivity index (χ2v) is 6.12. The molecule has 9 heteroatoms. The molecule has 0 radical (unpaired) electrons. The SMILES string of the molecule is CCOC(=O)c1nnn(CCS(C)(=O)=O)c1CCl. The lowest BCUT2D eigenvalue weighted by molar-refractivity contribution is 0.0518. The van der Waals surface area contributed by atoms with Gasteiger partial charge in [-0.1, -0.05) is 5.21 Å². The van der Waals surface area contributed by atoms with Gasteiger partial charge in [0.1, 0.15) is 9.84 Å². The van der Waals surface area contributed by atoms with E-state index in [1.807, 2.05) is 0 Å². The van der Waals surface area contributed by atoms with Crippen LogP contribution < -0.4 is 0 Å². The van der Waals surface area contributed by atoms with E-state index in [2.05, 4.69) is 10.3 Å². The summed E-state index contributed by atoms with van der Waals surface area (Å²) in [5.74, 6) is -0.702. The van der Waals surface area contributed by atoms with Crippen LogP contribution in [-0.4, -0.2) is 48.0 Å². The smallest absolute Gasteiger partial charge is 0.360 e. The van der Waals surface area contributed by atoms with Crippen molar-refractivity contribution >= 4 is 27.4 Å². The maximum Gasteiger partial charge on any atom is 0.360 e. The third-order valence-corrected chi connectivity index (χ3v) is 3.28. The summed E-state index contributed by atoms with van der Waals surface area (Å²) in [5, 5.41) is 7.38. The molecule has 0 aliphatic rings. The Balaban J connectivity index is 2.91. The van der Waals surface area contributed by atoms with Crippen molar-refractivity contribution in [1.29, 1.82) is 0 Å². The highest BCUT2D eigenvalue weighted by Gasteiger charge is 2.20. The molecule has 7 nitrogen and oxygen atoms in total. The van der Waals surface area contributed by atoms with Crippen LogP contribution in [0.5, 0.6) is 0 Å². The van der Waals surface area contributed by atoms with Crippen LogP contribution in [-0.2, 0) is 27.0 Å². The first-order valence-electron chi connectivity index (χ1n) is 5.22. The average molecular weight is 296 g/mol. The molecule has 0 aromatic carbocycles. The maximum atomic E-state index is 11.5. The second-order valence-electron chi connectivity index (χ2n) is 3.59. The Morgan fingerprint density at radius 1 is 1.50 bits per heavy atom. The van der Waals surface area contributed by atoms with E-state index in [1.54, 1.807) is 6.92 Å². The Labute approximate surface area is 110 Å². The molecule has 1 heterocycles. The highest BCUT2D eigenvalue weighted by Crippen LogP contribution is 2.10. The number of carbonyl (C=O) groups excluding carboxylic acids is 1. The van der Waals surface area contributed by atoms with Crippen LogP contribution in [0.1, 0.15) is 23.1 Å². The molecule has 1 aromatic rings. The number of aromatic nitrogens is 3. The van der Waals surface area contributed by atoms with Crippen molar-refractivity contribution in [3.8, 4) is 0 Å². The van der Waals surface area contributed by atoms with Crippen molar-refractivity contribution in [3.63, 3.8) is 0 Å². The van der Waals surface area contributed by atoms with E-state index in [-0.39, 0.29) is 30.5 Å². The molecule has 0 N–H and O–H groups in total. The molecular weight excluding hydrogens is 282 g/mol. The van der Waals surface area contributed by atoms with Gasteiger partial charge in [0.25, 0.3) is 0 Å². The number of nitrogens with zero attached hydrogens (tertiary/aromatic N) is 3. The van der Waals surface area contributed by atoms with Crippen LogP contribution in [0.15, 0.2) is 0 Å². The number of aryl methyl sites for hydroxylation is 1. The first kappa shape index (κ1) is 14.9. The summed E-state index contributed by atoms with van der Waals surface area (Å²) in [6, 6.07) is 0. The molecule has 1 rings (SSSR count). The molecule has 0 saturated heterocycles. The molecule has 0 atom stereocenters. The quantitative estimate of drug-likeness (QED) is 0.551. The number of hydrogen-bond donors (Lipinski definition) is 0. The molecular formula is C9H14ClN3O4S. The number of alkyl halides is 1. The summed E-state index contributed by atoms with van der Waals surface area (Å²) < 4.78 is 28.2. The van der Waals surface area contributed by atoms with Crippen molar-refractivity contribution in [3.05, 3.63) is 11.4 Å². The van der Waals surface area contributed by atoms with Crippen LogP contribution in [0.3, 0.4) is 0 Å². The van der Waals surface area contributed by atoms with Crippen LogP contribution in [0.2, 0.25) is 0 Å². The number of esters is 1. The van der Waals surface area contributed by atoms with Gasteiger partial charge in [-0.3, -0.25) is 0 Å². The molecule has 0 aliphatic carbocycles. The van der Waals surface area contributed by atoms with Crippen molar-refractivity contribution in [1.82, 2.24) is 15.0 Å². The van der Waals surface area contributed by atoms with Gasteiger partial charge in [0.05, 0.1) is 30.5 Å². The first-order chi connectivity index (χ1) is 8.39. The molecule has 0 saturated carbocycles. The van der Waals surface area contributed by atoms with Crippen molar-refractivity contribution < 1.29 is 17.9 Å². The fraction of sp³-hybridized carbons (Fsp3) is 0.667. The van der Waals surface area contributed by atoms with Crippen LogP contribution in [0.4, 0.5) is 0 Å². The summed E-state index contributed by atoms with van der Waals surface area (Å²) in [6.07, 6.45) is 1.12. The number of sulfone groups is 1. The Morgan fingerprint density at radius 2 is 2.17 bits per heavy atom. The Hall–Kier alpha value is -1.15. The van der Waals surface area contributed by atoms with Gasteiger partial charge in [-0.2, -0.15) is 0 Å². The maximum absolute atomic E-state index is 11.5.